The van der Waals surface area contributed by atoms with Crippen molar-refractivity contribution >= 4 is 26.7 Å². The van der Waals surface area contributed by atoms with Crippen LogP contribution in [-0.4, -0.2) is 73.6 Å². The Bertz CT molecular complexity index is 1340. The predicted molar refractivity (Wildman–Crippen MR) is 124 cm³/mol. The summed E-state index contributed by atoms with van der Waals surface area (Å²) in [6, 6.07) is 1.89. The van der Waals surface area contributed by atoms with Gasteiger partial charge in [-0.3, -0.25) is 0 Å². The lowest BCUT2D eigenvalue weighted by Crippen LogP contribution is -2.56. The number of aromatic amines is 1. The van der Waals surface area contributed by atoms with E-state index in [1.54, 1.807) is 33.4 Å². The van der Waals surface area contributed by atoms with Gasteiger partial charge in [-0.05, 0) is 26.8 Å². The number of pyridine rings is 1. The first-order valence-electron chi connectivity index (χ1n) is 10.7. The van der Waals surface area contributed by atoms with Gasteiger partial charge in [0.2, 0.25) is 0 Å². The lowest BCUT2D eigenvalue weighted by molar-refractivity contribution is 0.0482. The maximum Gasteiger partial charge on any atom is 0.185 e. The molecule has 0 radical (unpaired) electrons. The molecule has 2 aliphatic heterocycles. The third-order valence-electron chi connectivity index (χ3n) is 6.54. The summed E-state index contributed by atoms with van der Waals surface area (Å²) in [5.41, 5.74) is 1.62. The molecule has 33 heavy (non-hydrogen) atoms. The van der Waals surface area contributed by atoms with Crippen LogP contribution in [0.3, 0.4) is 0 Å². The number of H-pyrrole nitrogens is 1. The highest BCUT2D eigenvalue weighted by molar-refractivity contribution is 7.91. The molecule has 11 heteroatoms. The van der Waals surface area contributed by atoms with Gasteiger partial charge in [0.25, 0.3) is 0 Å². The summed E-state index contributed by atoms with van der Waals surface area (Å²) in [6.07, 6.45) is 4.60. The standard InChI is InChI=1S/C22H27N5O5S/c1-12-9-31-10-13-11-32-17-18(22(2,3)33(5,28)29)25-20(26-21(17)27(12)13)16-14-6-7-23-19(14)24-8-15(16)30-4/h6-8,12-13H,9-11H2,1-5H3,(H,23,24). The maximum absolute atomic E-state index is 12.8. The summed E-state index contributed by atoms with van der Waals surface area (Å²) in [6.45, 7) is 6.76. The van der Waals surface area contributed by atoms with Gasteiger partial charge in [0.1, 0.15) is 28.4 Å². The van der Waals surface area contributed by atoms with Crippen LogP contribution < -0.4 is 14.4 Å². The van der Waals surface area contributed by atoms with Gasteiger partial charge in [0.05, 0.1) is 44.2 Å². The van der Waals surface area contributed by atoms with Gasteiger partial charge < -0.3 is 24.1 Å². The van der Waals surface area contributed by atoms with Crippen molar-refractivity contribution in [2.45, 2.75) is 37.6 Å². The monoisotopic (exact) mass is 473 g/mol. The molecule has 0 saturated carbocycles. The van der Waals surface area contributed by atoms with E-state index < -0.39 is 14.6 Å². The highest BCUT2D eigenvalue weighted by Crippen LogP contribution is 2.46. The average molecular weight is 474 g/mol. The van der Waals surface area contributed by atoms with E-state index in [9.17, 15) is 8.42 Å². The molecule has 2 aliphatic rings. The van der Waals surface area contributed by atoms with Crippen LogP contribution in [0.25, 0.3) is 22.4 Å². The lowest BCUT2D eigenvalue weighted by atomic mass is 10.0. The molecule has 0 aliphatic carbocycles. The Morgan fingerprint density at radius 3 is 2.76 bits per heavy atom. The molecule has 2 unspecified atom stereocenters. The fourth-order valence-electron chi connectivity index (χ4n) is 4.40. The van der Waals surface area contributed by atoms with Crippen molar-refractivity contribution in [3.8, 4) is 22.9 Å². The molecule has 0 bridgehead atoms. The first-order valence-corrected chi connectivity index (χ1v) is 12.6. The second-order valence-electron chi connectivity index (χ2n) is 9.03. The van der Waals surface area contributed by atoms with Gasteiger partial charge in [-0.25, -0.2) is 23.4 Å². The summed E-state index contributed by atoms with van der Waals surface area (Å²) in [5, 5.41) is 0.778. The van der Waals surface area contributed by atoms with Crippen molar-refractivity contribution in [3.63, 3.8) is 0 Å². The number of morpholine rings is 1. The van der Waals surface area contributed by atoms with Crippen LogP contribution in [0.4, 0.5) is 5.82 Å². The number of hydrogen-bond acceptors (Lipinski definition) is 9. The molecule has 0 amide bonds. The topological polar surface area (TPSA) is 120 Å². The van der Waals surface area contributed by atoms with Gasteiger partial charge in [-0.2, -0.15) is 0 Å². The quantitative estimate of drug-likeness (QED) is 0.608. The molecular formula is C22H27N5O5S. The van der Waals surface area contributed by atoms with E-state index in [0.717, 1.165) is 5.39 Å². The van der Waals surface area contributed by atoms with Crippen molar-refractivity contribution < 1.29 is 22.6 Å². The zero-order valence-electron chi connectivity index (χ0n) is 19.2. The van der Waals surface area contributed by atoms with Gasteiger partial charge in [-0.15, -0.1) is 0 Å². The first-order chi connectivity index (χ1) is 15.6. The van der Waals surface area contributed by atoms with Gasteiger partial charge in [0.15, 0.2) is 27.2 Å². The Morgan fingerprint density at radius 1 is 1.24 bits per heavy atom. The number of nitrogens with zero attached hydrogens (tertiary/aromatic N) is 4. The van der Waals surface area contributed by atoms with Crippen molar-refractivity contribution in [1.29, 1.82) is 0 Å². The summed E-state index contributed by atoms with van der Waals surface area (Å²) < 4.78 is 41.8. The van der Waals surface area contributed by atoms with Crippen LogP contribution in [0.2, 0.25) is 0 Å². The molecular weight excluding hydrogens is 446 g/mol. The summed E-state index contributed by atoms with van der Waals surface area (Å²) in [4.78, 5) is 19.4. The number of sulfone groups is 1. The molecule has 10 nitrogen and oxygen atoms in total. The van der Waals surface area contributed by atoms with Crippen molar-refractivity contribution in [1.82, 2.24) is 19.9 Å². The number of fused-ring (bicyclic) bond motifs is 4. The third-order valence-corrected chi connectivity index (χ3v) is 8.59. The first kappa shape index (κ1) is 21.9. The van der Waals surface area contributed by atoms with Crippen LogP contribution in [0.5, 0.6) is 11.5 Å². The molecule has 2 atom stereocenters. The Kier molecular flexibility index (Phi) is 5.02. The third kappa shape index (κ3) is 3.33. The fourth-order valence-corrected chi connectivity index (χ4v) is 4.89. The Labute approximate surface area is 192 Å². The van der Waals surface area contributed by atoms with Crippen LogP contribution in [0.1, 0.15) is 26.5 Å². The van der Waals surface area contributed by atoms with Crippen LogP contribution in [0.15, 0.2) is 18.5 Å². The van der Waals surface area contributed by atoms with E-state index in [2.05, 4.69) is 21.8 Å². The van der Waals surface area contributed by atoms with Crippen LogP contribution >= 0.6 is 0 Å². The molecule has 3 aromatic rings. The molecule has 1 saturated heterocycles. The van der Waals surface area contributed by atoms with E-state index in [-0.39, 0.29) is 12.1 Å². The van der Waals surface area contributed by atoms with E-state index in [1.807, 2.05) is 6.07 Å². The smallest absolute Gasteiger partial charge is 0.185 e. The second-order valence-corrected chi connectivity index (χ2v) is 11.6. The van der Waals surface area contributed by atoms with Crippen molar-refractivity contribution in [2.24, 2.45) is 0 Å². The van der Waals surface area contributed by atoms with E-state index in [0.29, 0.717) is 59.9 Å². The number of rotatable bonds is 4. The molecule has 1 N–H and O–H groups in total. The largest absolute Gasteiger partial charge is 0.494 e. The summed E-state index contributed by atoms with van der Waals surface area (Å²) >= 11 is 0. The zero-order chi connectivity index (χ0) is 23.5. The molecule has 0 aromatic carbocycles. The van der Waals surface area contributed by atoms with E-state index in [4.69, 9.17) is 24.2 Å². The minimum atomic E-state index is -3.54. The van der Waals surface area contributed by atoms with Gasteiger partial charge in [0, 0.05) is 17.8 Å². The zero-order valence-corrected chi connectivity index (χ0v) is 20.1. The average Bonchev–Trinajstić information content (AvgIpc) is 3.25. The maximum atomic E-state index is 12.8. The molecule has 1 fully saturated rings. The normalized spacial score (nSPS) is 20.8. The van der Waals surface area contributed by atoms with Gasteiger partial charge >= 0.3 is 0 Å². The molecule has 0 spiro atoms. The van der Waals surface area contributed by atoms with Gasteiger partial charge in [-0.1, -0.05) is 0 Å². The van der Waals surface area contributed by atoms with Crippen molar-refractivity contribution in [3.05, 3.63) is 24.2 Å². The minimum absolute atomic E-state index is 0.0233. The molecule has 176 valence electrons. The number of ether oxygens (including phenoxy) is 3. The van der Waals surface area contributed by atoms with Crippen molar-refractivity contribution in [2.75, 3.05) is 38.1 Å². The Morgan fingerprint density at radius 2 is 2.03 bits per heavy atom. The predicted octanol–water partition coefficient (Wildman–Crippen LogP) is 2.29. The number of nitrogens with one attached hydrogen (secondary N) is 1. The lowest BCUT2D eigenvalue weighted by Gasteiger charge is -2.45. The molecule has 5 heterocycles. The minimum Gasteiger partial charge on any atom is -0.494 e. The van der Waals surface area contributed by atoms with E-state index >= 15 is 0 Å². The van der Waals surface area contributed by atoms with E-state index in [1.165, 1.54) is 6.26 Å². The van der Waals surface area contributed by atoms with Crippen LogP contribution in [-0.2, 0) is 19.3 Å². The Hall–Kier alpha value is -2.92. The number of aromatic nitrogens is 4. The highest BCUT2D eigenvalue weighted by Gasteiger charge is 2.44. The van der Waals surface area contributed by atoms with Crippen LogP contribution in [0, 0.1) is 0 Å². The highest BCUT2D eigenvalue weighted by atomic mass is 32.2. The SMILES string of the molecule is COc1cnc2[nH]ccc2c1-c1nc2c(c(C(C)(C)S(C)(=O)=O)n1)OCC1COCC(C)N21. The fraction of sp³-hybridized carbons (Fsp3) is 0.500. The molecule has 3 aromatic heterocycles. The number of hydrogen-bond donors (Lipinski definition) is 1. The number of anilines is 1. The Balaban J connectivity index is 1.84. The molecule has 5 rings (SSSR count). The number of methoxy groups -OCH3 is 1. The summed E-state index contributed by atoms with van der Waals surface area (Å²) in [7, 11) is -1.98. The second kappa shape index (κ2) is 7.56. The summed E-state index contributed by atoms with van der Waals surface area (Å²) in [5.74, 6) is 1.82.